The van der Waals surface area contributed by atoms with Crippen molar-refractivity contribution in [2.75, 3.05) is 19.4 Å². The van der Waals surface area contributed by atoms with Crippen molar-refractivity contribution in [1.29, 1.82) is 0 Å². The molecule has 0 bridgehead atoms. The van der Waals surface area contributed by atoms with E-state index in [-0.39, 0.29) is 17.2 Å². The van der Waals surface area contributed by atoms with Crippen LogP contribution in [-0.4, -0.2) is 39.0 Å². The SMILES string of the molecule is COc1ccc(C)cc1S(=O)(=O)CC(O)CN. The van der Waals surface area contributed by atoms with E-state index in [1.165, 1.54) is 13.2 Å². The molecule has 17 heavy (non-hydrogen) atoms. The lowest BCUT2D eigenvalue weighted by atomic mass is 10.2. The molecule has 0 amide bonds. The van der Waals surface area contributed by atoms with Crippen molar-refractivity contribution in [2.45, 2.75) is 17.9 Å². The Labute approximate surface area is 101 Å². The standard InChI is InChI=1S/C11H17NO4S/c1-8-3-4-10(16-2)11(5-8)17(14,15)7-9(13)6-12/h3-5,9,13H,6-7,12H2,1-2H3. The number of ether oxygens (including phenoxy) is 1. The molecular weight excluding hydrogens is 242 g/mol. The van der Waals surface area contributed by atoms with Crippen LogP contribution in [-0.2, 0) is 9.84 Å². The Balaban J connectivity index is 3.18. The summed E-state index contributed by atoms with van der Waals surface area (Å²) in [6.45, 7) is 1.70. The highest BCUT2D eigenvalue weighted by Crippen LogP contribution is 2.26. The van der Waals surface area contributed by atoms with E-state index in [4.69, 9.17) is 10.5 Å². The molecule has 1 rings (SSSR count). The number of sulfone groups is 1. The minimum Gasteiger partial charge on any atom is -0.495 e. The number of aryl methyl sites for hydroxylation is 1. The molecule has 1 atom stereocenters. The molecule has 5 nitrogen and oxygen atoms in total. The second kappa shape index (κ2) is 5.48. The highest BCUT2D eigenvalue weighted by Gasteiger charge is 2.22. The maximum absolute atomic E-state index is 12.0. The van der Waals surface area contributed by atoms with Crippen LogP contribution in [0.5, 0.6) is 5.75 Å². The molecule has 96 valence electrons. The van der Waals surface area contributed by atoms with E-state index in [1.54, 1.807) is 19.1 Å². The second-order valence-corrected chi connectivity index (χ2v) is 5.83. The Morgan fingerprint density at radius 3 is 2.65 bits per heavy atom. The van der Waals surface area contributed by atoms with Gasteiger partial charge >= 0.3 is 0 Å². The van der Waals surface area contributed by atoms with E-state index in [0.717, 1.165) is 5.56 Å². The number of aliphatic hydroxyl groups excluding tert-OH is 1. The molecule has 0 aliphatic rings. The third-order valence-corrected chi connectivity index (χ3v) is 4.15. The largest absolute Gasteiger partial charge is 0.495 e. The van der Waals surface area contributed by atoms with Crippen LogP contribution >= 0.6 is 0 Å². The van der Waals surface area contributed by atoms with Gasteiger partial charge in [-0.3, -0.25) is 0 Å². The zero-order valence-electron chi connectivity index (χ0n) is 9.88. The Morgan fingerprint density at radius 2 is 2.12 bits per heavy atom. The van der Waals surface area contributed by atoms with Crippen molar-refractivity contribution < 1.29 is 18.3 Å². The second-order valence-electron chi connectivity index (χ2n) is 3.83. The van der Waals surface area contributed by atoms with Gasteiger partial charge in [0.15, 0.2) is 9.84 Å². The quantitative estimate of drug-likeness (QED) is 0.782. The number of hydrogen-bond donors (Lipinski definition) is 2. The summed E-state index contributed by atoms with van der Waals surface area (Å²) in [5.41, 5.74) is 6.02. The molecular formula is C11H17NO4S. The Hall–Kier alpha value is -1.11. The average Bonchev–Trinajstić information content (AvgIpc) is 2.28. The number of benzene rings is 1. The van der Waals surface area contributed by atoms with Crippen molar-refractivity contribution in [2.24, 2.45) is 5.73 Å². The van der Waals surface area contributed by atoms with Crippen LogP contribution in [0.2, 0.25) is 0 Å². The molecule has 0 saturated carbocycles. The molecule has 6 heteroatoms. The summed E-state index contributed by atoms with van der Waals surface area (Å²) >= 11 is 0. The van der Waals surface area contributed by atoms with Gasteiger partial charge in [-0.1, -0.05) is 6.07 Å². The Kier molecular flexibility index (Phi) is 4.50. The minimum absolute atomic E-state index is 0.0899. The third-order valence-electron chi connectivity index (χ3n) is 2.34. The molecule has 0 heterocycles. The first kappa shape index (κ1) is 14.0. The summed E-state index contributed by atoms with van der Waals surface area (Å²) in [6, 6.07) is 4.88. The average molecular weight is 259 g/mol. The molecule has 0 saturated heterocycles. The van der Waals surface area contributed by atoms with E-state index in [2.05, 4.69) is 0 Å². The molecule has 0 aliphatic heterocycles. The van der Waals surface area contributed by atoms with Gasteiger partial charge in [0, 0.05) is 6.54 Å². The molecule has 0 fully saturated rings. The van der Waals surface area contributed by atoms with E-state index >= 15 is 0 Å². The number of methoxy groups -OCH3 is 1. The number of rotatable bonds is 5. The lowest BCUT2D eigenvalue weighted by Crippen LogP contribution is -2.28. The maximum atomic E-state index is 12.0. The van der Waals surface area contributed by atoms with Gasteiger partial charge in [-0.25, -0.2) is 8.42 Å². The molecule has 0 radical (unpaired) electrons. The van der Waals surface area contributed by atoms with E-state index < -0.39 is 21.7 Å². The number of aliphatic hydroxyl groups is 1. The van der Waals surface area contributed by atoms with Gasteiger partial charge in [0.1, 0.15) is 10.6 Å². The van der Waals surface area contributed by atoms with Gasteiger partial charge in [-0.2, -0.15) is 0 Å². The highest BCUT2D eigenvalue weighted by molar-refractivity contribution is 7.91. The first-order valence-corrected chi connectivity index (χ1v) is 6.81. The Bertz CT molecular complexity index is 484. The van der Waals surface area contributed by atoms with Crippen LogP contribution in [0.15, 0.2) is 23.1 Å². The summed E-state index contributed by atoms with van der Waals surface area (Å²) < 4.78 is 29.1. The topological polar surface area (TPSA) is 89.6 Å². The minimum atomic E-state index is -3.59. The molecule has 1 aromatic carbocycles. The summed E-state index contributed by atoms with van der Waals surface area (Å²) in [5.74, 6) is -0.122. The van der Waals surface area contributed by atoms with Crippen molar-refractivity contribution in [1.82, 2.24) is 0 Å². The summed E-state index contributed by atoms with van der Waals surface area (Å²) in [4.78, 5) is 0.0903. The van der Waals surface area contributed by atoms with Crippen molar-refractivity contribution in [3.05, 3.63) is 23.8 Å². The fourth-order valence-corrected chi connectivity index (χ4v) is 3.08. The lowest BCUT2D eigenvalue weighted by molar-refractivity contribution is 0.205. The van der Waals surface area contributed by atoms with Gasteiger partial charge in [0.25, 0.3) is 0 Å². The van der Waals surface area contributed by atoms with Crippen LogP contribution in [0.3, 0.4) is 0 Å². The lowest BCUT2D eigenvalue weighted by Gasteiger charge is -2.12. The smallest absolute Gasteiger partial charge is 0.184 e. The summed E-state index contributed by atoms with van der Waals surface area (Å²) in [5, 5.41) is 9.34. The number of hydrogen-bond acceptors (Lipinski definition) is 5. The Morgan fingerprint density at radius 1 is 1.47 bits per heavy atom. The van der Waals surface area contributed by atoms with Gasteiger partial charge in [0.2, 0.25) is 0 Å². The predicted molar refractivity (Wildman–Crippen MR) is 64.8 cm³/mol. The fraction of sp³-hybridized carbons (Fsp3) is 0.455. The van der Waals surface area contributed by atoms with Crippen LogP contribution in [0.25, 0.3) is 0 Å². The zero-order valence-corrected chi connectivity index (χ0v) is 10.7. The first-order valence-electron chi connectivity index (χ1n) is 5.16. The number of nitrogens with two attached hydrogens (primary N) is 1. The van der Waals surface area contributed by atoms with Gasteiger partial charge in [-0.05, 0) is 24.6 Å². The maximum Gasteiger partial charge on any atom is 0.184 e. The van der Waals surface area contributed by atoms with Gasteiger partial charge in [-0.15, -0.1) is 0 Å². The van der Waals surface area contributed by atoms with Gasteiger partial charge in [0.05, 0.1) is 19.0 Å². The van der Waals surface area contributed by atoms with Crippen LogP contribution in [0, 0.1) is 6.92 Å². The highest BCUT2D eigenvalue weighted by atomic mass is 32.2. The molecule has 0 aromatic heterocycles. The molecule has 1 unspecified atom stereocenters. The first-order chi connectivity index (χ1) is 7.90. The predicted octanol–water partition coefficient (Wildman–Crippen LogP) is 0.0969. The molecule has 1 aromatic rings. The molecule has 0 spiro atoms. The van der Waals surface area contributed by atoms with Crippen molar-refractivity contribution >= 4 is 9.84 Å². The summed E-state index contributed by atoms with van der Waals surface area (Å²) in [7, 11) is -2.19. The van der Waals surface area contributed by atoms with Crippen LogP contribution in [0.1, 0.15) is 5.56 Å². The summed E-state index contributed by atoms with van der Waals surface area (Å²) in [6.07, 6.45) is -1.06. The van der Waals surface area contributed by atoms with E-state index in [9.17, 15) is 13.5 Å². The molecule has 3 N–H and O–H groups in total. The molecule has 0 aliphatic carbocycles. The zero-order chi connectivity index (χ0) is 13.1. The normalized spacial score (nSPS) is 13.4. The third kappa shape index (κ3) is 3.42. The van der Waals surface area contributed by atoms with Crippen LogP contribution in [0.4, 0.5) is 0 Å². The van der Waals surface area contributed by atoms with Crippen molar-refractivity contribution in [3.63, 3.8) is 0 Å². The van der Waals surface area contributed by atoms with E-state index in [1.807, 2.05) is 0 Å². The van der Waals surface area contributed by atoms with E-state index in [0.29, 0.717) is 0 Å². The fourth-order valence-electron chi connectivity index (χ4n) is 1.44. The van der Waals surface area contributed by atoms with Crippen molar-refractivity contribution in [3.8, 4) is 5.75 Å². The monoisotopic (exact) mass is 259 g/mol. The van der Waals surface area contributed by atoms with Gasteiger partial charge < -0.3 is 15.6 Å². The van der Waals surface area contributed by atoms with Crippen LogP contribution < -0.4 is 10.5 Å².